The predicted molar refractivity (Wildman–Crippen MR) is 127 cm³/mol. The number of nitrogens with one attached hydrogen (secondary N) is 1. The normalized spacial score (nSPS) is 20.3. The van der Waals surface area contributed by atoms with Gasteiger partial charge in [0.1, 0.15) is 0 Å². The van der Waals surface area contributed by atoms with Crippen molar-refractivity contribution in [1.82, 2.24) is 0 Å². The lowest BCUT2D eigenvalue weighted by molar-refractivity contribution is -0.899. The summed E-state index contributed by atoms with van der Waals surface area (Å²) in [4.78, 5) is 0. The monoisotopic (exact) mass is 464 g/mol. The van der Waals surface area contributed by atoms with Crippen LogP contribution in [-0.2, 0) is 5.41 Å². The van der Waals surface area contributed by atoms with Gasteiger partial charge in [0, 0.05) is 18.8 Å². The quantitative estimate of drug-likeness (QED) is 0.219. The fourth-order valence-corrected chi connectivity index (χ4v) is 5.47. The van der Waals surface area contributed by atoms with Gasteiger partial charge in [-0.05, 0) is 29.2 Å². The first-order chi connectivity index (χ1) is 16.4. The van der Waals surface area contributed by atoms with E-state index in [9.17, 15) is 13.9 Å². The van der Waals surface area contributed by atoms with E-state index in [0.29, 0.717) is 10.9 Å². The number of halogens is 2. The number of quaternary nitrogens is 1. The summed E-state index contributed by atoms with van der Waals surface area (Å²) < 4.78 is 33.7. The zero-order valence-electron chi connectivity index (χ0n) is 19.3. The van der Waals surface area contributed by atoms with Gasteiger partial charge in [-0.3, -0.25) is 0 Å². The van der Waals surface area contributed by atoms with E-state index in [1.807, 2.05) is 60.7 Å². The number of rotatable bonds is 9. The Morgan fingerprint density at radius 3 is 2.06 bits per heavy atom. The van der Waals surface area contributed by atoms with E-state index in [1.165, 1.54) is 18.2 Å². The van der Waals surface area contributed by atoms with Crippen LogP contribution in [0.3, 0.4) is 0 Å². The maximum Gasteiger partial charge on any atom is 0.190 e. The van der Waals surface area contributed by atoms with Gasteiger partial charge in [0.25, 0.3) is 0 Å². The van der Waals surface area contributed by atoms with Crippen LogP contribution in [0.5, 0.6) is 5.75 Å². The zero-order valence-corrected chi connectivity index (χ0v) is 19.3. The Bertz CT molecular complexity index is 1060. The molecule has 2 atom stereocenters. The van der Waals surface area contributed by atoms with E-state index in [0.717, 1.165) is 37.2 Å². The van der Waals surface area contributed by atoms with Crippen molar-refractivity contribution in [3.8, 4) is 5.75 Å². The van der Waals surface area contributed by atoms with Crippen LogP contribution < -0.4 is 9.84 Å². The molecular weight excluding hydrogens is 434 g/mol. The molecule has 4 nitrogen and oxygen atoms in total. The third kappa shape index (κ3) is 4.55. The molecule has 0 aromatic heterocycles. The Hall–Kier alpha value is -3.25. The number of para-hydroxylation sites is 1. The highest BCUT2D eigenvalue weighted by Crippen LogP contribution is 2.45. The van der Waals surface area contributed by atoms with Crippen molar-refractivity contribution in [2.45, 2.75) is 18.3 Å². The van der Waals surface area contributed by atoms with E-state index < -0.39 is 22.9 Å². The maximum atomic E-state index is 13.8. The van der Waals surface area contributed by atoms with Crippen molar-refractivity contribution in [2.24, 2.45) is 5.92 Å². The smallest absolute Gasteiger partial charge is 0.190 e. The minimum atomic E-state index is -1.04. The Labute approximate surface area is 199 Å². The summed E-state index contributed by atoms with van der Waals surface area (Å²) in [6, 6.07) is 22.9. The molecule has 6 heteroatoms. The average Bonchev–Trinajstić information content (AvgIpc) is 3.22. The SMILES string of the molecule is C[N+]1(CCCOc2c(F)cccc2F)CC[C@@H](C(C(=N)[O-])(c2ccccc2)c2ccccc2)C1. The fourth-order valence-electron chi connectivity index (χ4n) is 5.47. The summed E-state index contributed by atoms with van der Waals surface area (Å²) in [6.45, 7) is 2.53. The van der Waals surface area contributed by atoms with Gasteiger partial charge in [0.2, 0.25) is 0 Å². The summed E-state index contributed by atoms with van der Waals surface area (Å²) in [5, 5.41) is 21.5. The molecule has 4 rings (SSSR count). The lowest BCUT2D eigenvalue weighted by Crippen LogP contribution is -2.52. The molecular formula is C28H30F2N2O2. The molecule has 3 aromatic rings. The molecule has 1 N–H and O–H groups in total. The molecule has 0 aliphatic carbocycles. The van der Waals surface area contributed by atoms with Crippen molar-refractivity contribution in [3.05, 3.63) is 102 Å². The molecule has 178 valence electrons. The first-order valence-corrected chi connectivity index (χ1v) is 11.6. The van der Waals surface area contributed by atoms with Crippen LogP contribution in [0.15, 0.2) is 78.9 Å². The van der Waals surface area contributed by atoms with Crippen molar-refractivity contribution in [1.29, 1.82) is 5.41 Å². The van der Waals surface area contributed by atoms with Crippen molar-refractivity contribution >= 4 is 5.90 Å². The molecule has 1 heterocycles. The summed E-state index contributed by atoms with van der Waals surface area (Å²) in [7, 11) is 2.14. The number of benzene rings is 3. The van der Waals surface area contributed by atoms with E-state index in [4.69, 9.17) is 10.1 Å². The number of likely N-dealkylation sites (tertiary alicyclic amines) is 1. The van der Waals surface area contributed by atoms with Crippen LogP contribution >= 0.6 is 0 Å². The standard InChI is InChI=1S/C28H30F2N2O2/c1-32(17-9-19-34-26-24(29)14-8-15-25(26)30)18-16-23(20-32)28(27(31)33,21-10-4-2-5-11-21)22-12-6-3-7-13-22/h2-8,10-15,23H,9,16-20H2,1H3,(H-,31,33)/t23-,32?/m1/s1. The molecule has 0 bridgehead atoms. The molecule has 34 heavy (non-hydrogen) atoms. The van der Waals surface area contributed by atoms with Gasteiger partial charge in [-0.1, -0.05) is 66.7 Å². The number of ether oxygens (including phenoxy) is 1. The van der Waals surface area contributed by atoms with Crippen LogP contribution in [0.25, 0.3) is 0 Å². The molecule has 3 aromatic carbocycles. The van der Waals surface area contributed by atoms with Gasteiger partial charge in [-0.25, -0.2) is 8.78 Å². The first kappa shape index (κ1) is 23.9. The molecule has 0 saturated carbocycles. The van der Waals surface area contributed by atoms with Gasteiger partial charge >= 0.3 is 0 Å². The van der Waals surface area contributed by atoms with Crippen LogP contribution in [0.1, 0.15) is 24.0 Å². The van der Waals surface area contributed by atoms with Gasteiger partial charge < -0.3 is 19.7 Å². The van der Waals surface area contributed by atoms with Gasteiger partial charge in [-0.15, -0.1) is 0 Å². The highest BCUT2D eigenvalue weighted by molar-refractivity contribution is 5.87. The van der Waals surface area contributed by atoms with Crippen molar-refractivity contribution < 1.29 is 23.1 Å². The topological polar surface area (TPSA) is 56.1 Å². The largest absolute Gasteiger partial charge is 0.861 e. The second kappa shape index (κ2) is 9.94. The molecule has 1 unspecified atom stereocenters. The summed E-state index contributed by atoms with van der Waals surface area (Å²) in [6.07, 6.45) is 1.42. The Morgan fingerprint density at radius 2 is 1.53 bits per heavy atom. The van der Waals surface area contributed by atoms with Crippen LogP contribution in [0, 0.1) is 23.0 Å². The minimum absolute atomic E-state index is 0.0442. The highest BCUT2D eigenvalue weighted by atomic mass is 19.1. The molecule has 0 amide bonds. The Morgan fingerprint density at radius 1 is 0.971 bits per heavy atom. The number of nitrogens with zero attached hydrogens (tertiary/aromatic N) is 1. The van der Waals surface area contributed by atoms with E-state index >= 15 is 0 Å². The molecule has 1 saturated heterocycles. The highest BCUT2D eigenvalue weighted by Gasteiger charge is 2.49. The zero-order chi connectivity index (χ0) is 24.2. The number of hydrogen-bond donors (Lipinski definition) is 1. The third-order valence-electron chi connectivity index (χ3n) is 7.11. The summed E-state index contributed by atoms with van der Waals surface area (Å²) >= 11 is 0. The molecule has 1 aliphatic rings. The predicted octanol–water partition coefficient (Wildman–Crippen LogP) is 4.52. The summed E-state index contributed by atoms with van der Waals surface area (Å²) in [5.74, 6) is -2.38. The van der Waals surface area contributed by atoms with Crippen molar-refractivity contribution in [3.63, 3.8) is 0 Å². The molecule has 1 fully saturated rings. The van der Waals surface area contributed by atoms with Crippen LogP contribution in [0.2, 0.25) is 0 Å². The third-order valence-corrected chi connectivity index (χ3v) is 7.11. The van der Waals surface area contributed by atoms with Crippen LogP contribution in [-0.4, -0.2) is 43.7 Å². The van der Waals surface area contributed by atoms with Gasteiger partial charge in [-0.2, -0.15) is 0 Å². The number of hydrogen-bond acceptors (Lipinski definition) is 3. The van der Waals surface area contributed by atoms with Crippen LogP contribution in [0.4, 0.5) is 8.78 Å². The average molecular weight is 465 g/mol. The molecule has 0 radical (unpaired) electrons. The first-order valence-electron chi connectivity index (χ1n) is 11.6. The Kier molecular flexibility index (Phi) is 6.98. The van der Waals surface area contributed by atoms with E-state index in [-0.39, 0.29) is 18.3 Å². The second-order valence-electron chi connectivity index (χ2n) is 9.36. The van der Waals surface area contributed by atoms with E-state index in [1.54, 1.807) is 0 Å². The minimum Gasteiger partial charge on any atom is -0.861 e. The molecule has 0 spiro atoms. The fraction of sp³-hybridized carbons (Fsp3) is 0.321. The van der Waals surface area contributed by atoms with Crippen molar-refractivity contribution in [2.75, 3.05) is 33.3 Å². The lowest BCUT2D eigenvalue weighted by Gasteiger charge is -2.43. The molecule has 1 aliphatic heterocycles. The Balaban J connectivity index is 1.52. The van der Waals surface area contributed by atoms with E-state index in [2.05, 4.69) is 7.05 Å². The van der Waals surface area contributed by atoms with Gasteiger partial charge in [0.05, 0.1) is 38.7 Å². The lowest BCUT2D eigenvalue weighted by atomic mass is 9.65. The van der Waals surface area contributed by atoms with Gasteiger partial charge in [0.15, 0.2) is 17.4 Å². The summed E-state index contributed by atoms with van der Waals surface area (Å²) in [5.41, 5.74) is 0.654. The second-order valence-corrected chi connectivity index (χ2v) is 9.36. The maximum absolute atomic E-state index is 13.8.